The molecule has 5 rings (SSSR count). The maximum absolute atomic E-state index is 15.1. The van der Waals surface area contributed by atoms with Crippen LogP contribution >= 0.6 is 0 Å². The van der Waals surface area contributed by atoms with Gasteiger partial charge in [0.05, 0.1) is 54.8 Å². The molecule has 4 aromatic rings. The lowest BCUT2D eigenvalue weighted by Gasteiger charge is -2.29. The van der Waals surface area contributed by atoms with Gasteiger partial charge >= 0.3 is 0 Å². The number of ketones is 1. The van der Waals surface area contributed by atoms with Gasteiger partial charge in [-0.1, -0.05) is 12.1 Å². The van der Waals surface area contributed by atoms with Crippen LogP contribution in [0.2, 0.25) is 0 Å². The molecule has 37 heavy (non-hydrogen) atoms. The molecule has 3 N–H and O–H groups in total. The molecule has 8 nitrogen and oxygen atoms in total. The number of halogens is 2. The molecule has 10 heteroatoms. The largest absolute Gasteiger partial charge is 0.493 e. The lowest BCUT2D eigenvalue weighted by atomic mass is 10.0. The quantitative estimate of drug-likeness (QED) is 0.292. The van der Waals surface area contributed by atoms with Gasteiger partial charge in [-0.2, -0.15) is 0 Å². The highest BCUT2D eigenvalue weighted by Gasteiger charge is 2.26. The van der Waals surface area contributed by atoms with Crippen molar-refractivity contribution < 1.29 is 32.9 Å². The van der Waals surface area contributed by atoms with Gasteiger partial charge in [0.15, 0.2) is 23.1 Å². The fourth-order valence-electron chi connectivity index (χ4n) is 4.37. The number of carbonyl (C=O) groups is 1. The Kier molecular flexibility index (Phi) is 7.02. The number of hydrogen-bond donors (Lipinski definition) is 3. The monoisotopic (exact) mass is 509 g/mol. The van der Waals surface area contributed by atoms with E-state index in [1.165, 1.54) is 49.8 Å². The standard InChI is InChI=1S/C27H25F2N3O5/c1-35-23-12-31-27-24(25(23)32-15-6-7-17(13-33)36-14-15)19(11-30-27)26(34)18-9-8-16(10-21(18)29)37-22-5-3-2-4-20(22)28/h2-5,8-12,15,17,33H,6-7,13-14H2,1H3,(H2,30,31,32)/t15-,17+/m1/s1. The molecule has 0 bridgehead atoms. The molecule has 0 aliphatic carbocycles. The van der Waals surface area contributed by atoms with Gasteiger partial charge in [0.1, 0.15) is 17.2 Å². The fraction of sp³-hybridized carbons (Fsp3) is 0.259. The third kappa shape index (κ3) is 4.98. The number of pyridine rings is 1. The van der Waals surface area contributed by atoms with Crippen LogP contribution in [0.5, 0.6) is 17.2 Å². The molecule has 0 unspecified atom stereocenters. The van der Waals surface area contributed by atoms with Gasteiger partial charge in [0.2, 0.25) is 0 Å². The number of aliphatic hydroxyl groups is 1. The highest BCUT2D eigenvalue weighted by Crippen LogP contribution is 2.37. The van der Waals surface area contributed by atoms with E-state index < -0.39 is 17.4 Å². The van der Waals surface area contributed by atoms with E-state index in [0.717, 1.165) is 12.5 Å². The van der Waals surface area contributed by atoms with Crippen LogP contribution in [-0.4, -0.2) is 53.3 Å². The number of para-hydroxylation sites is 1. The second-order valence-electron chi connectivity index (χ2n) is 8.69. The number of aromatic nitrogens is 2. The predicted molar refractivity (Wildman–Crippen MR) is 132 cm³/mol. The zero-order valence-electron chi connectivity index (χ0n) is 20.0. The van der Waals surface area contributed by atoms with Crippen molar-refractivity contribution in [2.45, 2.75) is 25.0 Å². The van der Waals surface area contributed by atoms with E-state index in [1.54, 1.807) is 6.07 Å². The number of hydrogen-bond acceptors (Lipinski definition) is 7. The number of fused-ring (bicyclic) bond motifs is 1. The summed E-state index contributed by atoms with van der Waals surface area (Å²) >= 11 is 0. The van der Waals surface area contributed by atoms with E-state index >= 15 is 4.39 Å². The number of nitrogens with one attached hydrogen (secondary N) is 2. The van der Waals surface area contributed by atoms with Gasteiger partial charge in [-0.15, -0.1) is 0 Å². The summed E-state index contributed by atoms with van der Waals surface area (Å²) in [5.41, 5.74) is 0.988. The van der Waals surface area contributed by atoms with Crippen molar-refractivity contribution in [2.75, 3.05) is 25.6 Å². The number of aromatic amines is 1. The first kappa shape index (κ1) is 24.7. The maximum atomic E-state index is 15.1. The molecule has 0 saturated carbocycles. The zero-order valence-corrected chi connectivity index (χ0v) is 20.0. The van der Waals surface area contributed by atoms with E-state index in [9.17, 15) is 14.3 Å². The van der Waals surface area contributed by atoms with E-state index in [4.69, 9.17) is 14.2 Å². The number of carbonyl (C=O) groups excluding carboxylic acids is 1. The van der Waals surface area contributed by atoms with E-state index in [-0.39, 0.29) is 41.4 Å². The third-order valence-corrected chi connectivity index (χ3v) is 6.30. The van der Waals surface area contributed by atoms with Crippen LogP contribution < -0.4 is 14.8 Å². The van der Waals surface area contributed by atoms with Crippen molar-refractivity contribution in [1.82, 2.24) is 9.97 Å². The SMILES string of the molecule is COc1cnc2[nH]cc(C(=O)c3ccc(Oc4ccccc4F)cc3F)c2c1N[C@@H]1CC[C@@H](CO)OC1. The second-order valence-corrected chi connectivity index (χ2v) is 8.69. The normalized spacial score (nSPS) is 17.5. The molecule has 0 radical (unpaired) electrons. The summed E-state index contributed by atoms with van der Waals surface area (Å²) in [4.78, 5) is 20.8. The van der Waals surface area contributed by atoms with Crippen LogP contribution in [-0.2, 0) is 4.74 Å². The van der Waals surface area contributed by atoms with Gasteiger partial charge in [-0.25, -0.2) is 13.8 Å². The minimum Gasteiger partial charge on any atom is -0.493 e. The van der Waals surface area contributed by atoms with Crippen molar-refractivity contribution in [2.24, 2.45) is 0 Å². The Balaban J connectivity index is 1.46. The lowest BCUT2D eigenvalue weighted by Crippen LogP contribution is -2.36. The zero-order chi connectivity index (χ0) is 25.9. The maximum Gasteiger partial charge on any atom is 0.198 e. The third-order valence-electron chi connectivity index (χ3n) is 6.30. The number of H-pyrrole nitrogens is 1. The van der Waals surface area contributed by atoms with E-state index in [0.29, 0.717) is 35.5 Å². The van der Waals surface area contributed by atoms with Crippen LogP contribution in [0.4, 0.5) is 14.5 Å². The number of ether oxygens (including phenoxy) is 3. The average molecular weight is 510 g/mol. The molecule has 0 amide bonds. The topological polar surface area (TPSA) is 106 Å². The van der Waals surface area contributed by atoms with Gasteiger partial charge in [-0.3, -0.25) is 4.79 Å². The number of anilines is 1. The Hall–Kier alpha value is -4.02. The summed E-state index contributed by atoms with van der Waals surface area (Å²) in [6.45, 7) is 0.325. The minimum atomic E-state index is -0.811. The Morgan fingerprint density at radius 1 is 1.16 bits per heavy atom. The Bertz CT molecular complexity index is 1430. The highest BCUT2D eigenvalue weighted by molar-refractivity contribution is 6.19. The number of nitrogens with zero attached hydrogens (tertiary/aromatic N) is 1. The number of methoxy groups -OCH3 is 1. The fourth-order valence-corrected chi connectivity index (χ4v) is 4.37. The van der Waals surface area contributed by atoms with Crippen LogP contribution in [0, 0.1) is 11.6 Å². The Morgan fingerprint density at radius 3 is 2.70 bits per heavy atom. The molecule has 192 valence electrons. The van der Waals surface area contributed by atoms with Gasteiger partial charge in [0.25, 0.3) is 0 Å². The number of rotatable bonds is 8. The second kappa shape index (κ2) is 10.5. The van der Waals surface area contributed by atoms with Crippen molar-refractivity contribution in [3.05, 3.63) is 77.6 Å². The molecule has 2 aromatic carbocycles. The highest BCUT2D eigenvalue weighted by atomic mass is 19.1. The van der Waals surface area contributed by atoms with Gasteiger partial charge in [-0.05, 0) is 37.1 Å². The average Bonchev–Trinajstić information content (AvgIpc) is 3.35. The van der Waals surface area contributed by atoms with Crippen LogP contribution in [0.3, 0.4) is 0 Å². The van der Waals surface area contributed by atoms with E-state index in [2.05, 4.69) is 15.3 Å². The first-order valence-electron chi connectivity index (χ1n) is 11.8. The molecule has 0 spiro atoms. The van der Waals surface area contributed by atoms with Gasteiger partial charge < -0.3 is 29.6 Å². The minimum absolute atomic E-state index is 0.0400. The summed E-state index contributed by atoms with van der Waals surface area (Å²) in [5.74, 6) is -1.54. The van der Waals surface area contributed by atoms with Crippen LogP contribution in [0.25, 0.3) is 11.0 Å². The Morgan fingerprint density at radius 2 is 2.00 bits per heavy atom. The summed E-state index contributed by atoms with van der Waals surface area (Å²) in [6, 6.07) is 9.45. The van der Waals surface area contributed by atoms with Crippen LogP contribution in [0.15, 0.2) is 54.9 Å². The molecule has 3 heterocycles. The molecule has 1 fully saturated rings. The summed E-state index contributed by atoms with van der Waals surface area (Å²) in [7, 11) is 1.50. The Labute approximate surface area is 211 Å². The van der Waals surface area contributed by atoms with Crippen molar-refractivity contribution in [1.29, 1.82) is 0 Å². The van der Waals surface area contributed by atoms with Crippen LogP contribution in [0.1, 0.15) is 28.8 Å². The molecule has 1 aliphatic heterocycles. The number of benzene rings is 2. The predicted octanol–water partition coefficient (Wildman–Crippen LogP) is 4.82. The smallest absolute Gasteiger partial charge is 0.198 e. The molecule has 2 atom stereocenters. The van der Waals surface area contributed by atoms with Crippen molar-refractivity contribution >= 4 is 22.5 Å². The summed E-state index contributed by atoms with van der Waals surface area (Å²) < 4.78 is 45.6. The first-order chi connectivity index (χ1) is 18.0. The summed E-state index contributed by atoms with van der Waals surface area (Å²) in [6.07, 6.45) is 4.23. The summed E-state index contributed by atoms with van der Waals surface area (Å²) in [5, 5.41) is 13.2. The molecule has 1 saturated heterocycles. The van der Waals surface area contributed by atoms with Crippen molar-refractivity contribution in [3.63, 3.8) is 0 Å². The molecule has 2 aromatic heterocycles. The first-order valence-corrected chi connectivity index (χ1v) is 11.8. The molecular formula is C27H25F2N3O5. The molecule has 1 aliphatic rings. The van der Waals surface area contributed by atoms with Gasteiger partial charge in [0, 0.05) is 18.3 Å². The van der Waals surface area contributed by atoms with Crippen molar-refractivity contribution in [3.8, 4) is 17.2 Å². The molecular weight excluding hydrogens is 484 g/mol. The number of aliphatic hydroxyl groups excluding tert-OH is 1. The lowest BCUT2D eigenvalue weighted by molar-refractivity contribution is -0.0223. The van der Waals surface area contributed by atoms with E-state index in [1.807, 2.05) is 0 Å².